The highest BCUT2D eigenvalue weighted by Crippen LogP contribution is 2.33. The molecule has 220 valence electrons. The van der Waals surface area contributed by atoms with Gasteiger partial charge in [0.15, 0.2) is 0 Å². The maximum Gasteiger partial charge on any atom is 0.264 e. The number of hydrogen-bond donors (Lipinski definition) is 1. The first-order chi connectivity index (χ1) is 19.6. The molecule has 0 aromatic heterocycles. The maximum absolute atomic E-state index is 14.0. The number of nitrogens with one attached hydrogen (secondary N) is 1. The molecule has 0 bridgehead atoms. The second kappa shape index (κ2) is 14.7. The van der Waals surface area contributed by atoms with Crippen molar-refractivity contribution in [2.75, 3.05) is 31.6 Å². The van der Waals surface area contributed by atoms with Crippen LogP contribution in [0.1, 0.15) is 32.3 Å². The van der Waals surface area contributed by atoms with E-state index < -0.39 is 28.5 Å². The van der Waals surface area contributed by atoms with E-state index in [1.807, 2.05) is 6.92 Å². The van der Waals surface area contributed by atoms with E-state index in [2.05, 4.69) is 5.32 Å². The number of benzene rings is 3. The van der Waals surface area contributed by atoms with Gasteiger partial charge in [-0.25, -0.2) is 8.42 Å². The number of hydrogen-bond acceptors (Lipinski definition) is 6. The lowest BCUT2D eigenvalue weighted by Crippen LogP contribution is -2.51. The summed E-state index contributed by atoms with van der Waals surface area (Å²) in [5.41, 5.74) is 0.878. The minimum Gasteiger partial charge on any atom is -0.497 e. The van der Waals surface area contributed by atoms with Crippen LogP contribution in [-0.2, 0) is 26.2 Å². The van der Waals surface area contributed by atoms with Gasteiger partial charge in [0.25, 0.3) is 10.0 Å². The predicted molar refractivity (Wildman–Crippen MR) is 160 cm³/mol. The van der Waals surface area contributed by atoms with Gasteiger partial charge in [0.1, 0.15) is 24.1 Å². The molecule has 0 radical (unpaired) electrons. The van der Waals surface area contributed by atoms with Crippen molar-refractivity contribution in [3.8, 4) is 11.5 Å². The van der Waals surface area contributed by atoms with Gasteiger partial charge in [0, 0.05) is 18.1 Å². The van der Waals surface area contributed by atoms with Crippen LogP contribution in [0.5, 0.6) is 11.5 Å². The van der Waals surface area contributed by atoms with Crippen LogP contribution < -0.4 is 19.1 Å². The first-order valence-electron chi connectivity index (χ1n) is 13.2. The van der Waals surface area contributed by atoms with Gasteiger partial charge >= 0.3 is 0 Å². The Balaban J connectivity index is 2.04. The summed E-state index contributed by atoms with van der Waals surface area (Å²) < 4.78 is 39.6. The molecule has 0 aliphatic carbocycles. The van der Waals surface area contributed by atoms with Crippen LogP contribution in [0.2, 0.25) is 5.02 Å². The Labute approximate surface area is 247 Å². The Morgan fingerprint density at radius 2 is 1.68 bits per heavy atom. The number of sulfonamides is 1. The molecule has 0 saturated carbocycles. The van der Waals surface area contributed by atoms with Crippen molar-refractivity contribution in [2.45, 2.75) is 44.2 Å². The Morgan fingerprint density at radius 3 is 2.32 bits per heavy atom. The zero-order valence-electron chi connectivity index (χ0n) is 23.7. The number of unbranched alkanes of at least 4 members (excludes halogenated alkanes) is 1. The second-order valence-corrected chi connectivity index (χ2v) is 11.6. The number of anilines is 1. The smallest absolute Gasteiger partial charge is 0.264 e. The molecule has 0 heterocycles. The number of methoxy groups -OCH3 is 2. The predicted octanol–water partition coefficient (Wildman–Crippen LogP) is 4.89. The van der Waals surface area contributed by atoms with E-state index in [0.717, 1.165) is 17.1 Å². The fourth-order valence-corrected chi connectivity index (χ4v) is 5.81. The topological polar surface area (TPSA) is 105 Å². The van der Waals surface area contributed by atoms with Crippen LogP contribution in [0.15, 0.2) is 77.7 Å². The average molecular weight is 602 g/mol. The van der Waals surface area contributed by atoms with Gasteiger partial charge in [-0.1, -0.05) is 49.2 Å². The third-order valence-electron chi connectivity index (χ3n) is 6.52. The van der Waals surface area contributed by atoms with Crippen LogP contribution in [0.25, 0.3) is 0 Å². The highest BCUT2D eigenvalue weighted by Gasteiger charge is 2.33. The van der Waals surface area contributed by atoms with Crippen molar-refractivity contribution in [2.24, 2.45) is 0 Å². The molecule has 0 aliphatic rings. The molecule has 3 rings (SSSR count). The van der Waals surface area contributed by atoms with Gasteiger partial charge < -0.3 is 19.7 Å². The first kappa shape index (κ1) is 31.8. The first-order valence-corrected chi connectivity index (χ1v) is 15.1. The molecule has 2 amide bonds. The van der Waals surface area contributed by atoms with Crippen molar-refractivity contribution in [1.82, 2.24) is 10.2 Å². The highest BCUT2D eigenvalue weighted by atomic mass is 35.5. The number of nitrogens with zero attached hydrogens (tertiary/aromatic N) is 2. The number of rotatable bonds is 14. The summed E-state index contributed by atoms with van der Waals surface area (Å²) in [7, 11) is -1.35. The van der Waals surface area contributed by atoms with E-state index in [9.17, 15) is 18.0 Å². The average Bonchev–Trinajstić information content (AvgIpc) is 2.98. The molecule has 0 aliphatic heterocycles. The summed E-state index contributed by atoms with van der Waals surface area (Å²) in [6.45, 7) is 3.57. The number of carbonyl (C=O) groups excluding carboxylic acids is 2. The Hall–Kier alpha value is -3.76. The van der Waals surface area contributed by atoms with Gasteiger partial charge in [0.2, 0.25) is 11.8 Å². The third-order valence-corrected chi connectivity index (χ3v) is 8.53. The lowest BCUT2D eigenvalue weighted by atomic mass is 10.1. The molecular formula is C30H36ClN3O6S. The van der Waals surface area contributed by atoms with Crippen LogP contribution in [-0.4, -0.2) is 58.5 Å². The van der Waals surface area contributed by atoms with E-state index in [1.165, 1.54) is 43.4 Å². The normalized spacial score (nSPS) is 11.8. The molecule has 11 heteroatoms. The number of halogens is 1. The molecule has 3 aromatic rings. The van der Waals surface area contributed by atoms with E-state index in [1.54, 1.807) is 55.5 Å². The van der Waals surface area contributed by atoms with E-state index in [-0.39, 0.29) is 28.8 Å². The summed E-state index contributed by atoms with van der Waals surface area (Å²) in [5, 5.41) is 3.34. The Bertz CT molecular complexity index is 1430. The Morgan fingerprint density at radius 1 is 0.976 bits per heavy atom. The van der Waals surface area contributed by atoms with Gasteiger partial charge in [-0.15, -0.1) is 0 Å². The van der Waals surface area contributed by atoms with Crippen LogP contribution in [0.3, 0.4) is 0 Å². The van der Waals surface area contributed by atoms with Crippen molar-refractivity contribution < 1.29 is 27.5 Å². The van der Waals surface area contributed by atoms with E-state index in [4.69, 9.17) is 21.1 Å². The minimum absolute atomic E-state index is 0.0382. The quantitative estimate of drug-likeness (QED) is 0.264. The van der Waals surface area contributed by atoms with Gasteiger partial charge in [-0.3, -0.25) is 13.9 Å². The van der Waals surface area contributed by atoms with Crippen LogP contribution in [0, 0.1) is 0 Å². The summed E-state index contributed by atoms with van der Waals surface area (Å²) in [4.78, 5) is 28.4. The molecule has 0 fully saturated rings. The van der Waals surface area contributed by atoms with Gasteiger partial charge in [0.05, 0.1) is 24.8 Å². The SMILES string of the molecule is CCCCNC(=O)[C@H](C)N(Cc1cccc(Cl)c1)C(=O)CN(c1ccccc1OC)S(=O)(=O)c1ccc(OC)cc1. The number of ether oxygens (including phenoxy) is 2. The van der Waals surface area contributed by atoms with Gasteiger partial charge in [-0.05, 0) is 67.4 Å². The lowest BCUT2D eigenvalue weighted by molar-refractivity contribution is -0.139. The van der Waals surface area contributed by atoms with Crippen LogP contribution >= 0.6 is 11.6 Å². The summed E-state index contributed by atoms with van der Waals surface area (Å²) in [6, 6.07) is 18.5. The molecule has 41 heavy (non-hydrogen) atoms. The number of para-hydroxylation sites is 2. The monoisotopic (exact) mass is 601 g/mol. The van der Waals surface area contributed by atoms with E-state index in [0.29, 0.717) is 22.9 Å². The maximum atomic E-state index is 14.0. The van der Waals surface area contributed by atoms with Crippen molar-refractivity contribution in [1.29, 1.82) is 0 Å². The number of amides is 2. The number of carbonyl (C=O) groups is 2. The van der Waals surface area contributed by atoms with Crippen molar-refractivity contribution in [3.63, 3.8) is 0 Å². The standard InChI is InChI=1S/C30H36ClN3O6S/c1-5-6-18-32-30(36)22(2)33(20-23-10-9-11-24(31)19-23)29(35)21-34(27-12-7-8-13-28(27)40-4)41(37,38)26-16-14-25(39-3)15-17-26/h7-17,19,22H,5-6,18,20-21H2,1-4H3,(H,32,36)/t22-/m0/s1. The zero-order chi connectivity index (χ0) is 30.0. The molecular weight excluding hydrogens is 566 g/mol. The van der Waals surface area contributed by atoms with Gasteiger partial charge in [-0.2, -0.15) is 0 Å². The Kier molecular flexibility index (Phi) is 11.4. The molecule has 0 unspecified atom stereocenters. The molecule has 3 aromatic carbocycles. The molecule has 0 saturated heterocycles. The largest absolute Gasteiger partial charge is 0.497 e. The van der Waals surface area contributed by atoms with E-state index >= 15 is 0 Å². The molecule has 1 atom stereocenters. The summed E-state index contributed by atoms with van der Waals surface area (Å²) in [6.07, 6.45) is 1.69. The fraction of sp³-hybridized carbons (Fsp3) is 0.333. The van der Waals surface area contributed by atoms with Crippen molar-refractivity contribution in [3.05, 3.63) is 83.4 Å². The second-order valence-electron chi connectivity index (χ2n) is 9.33. The minimum atomic E-state index is -4.25. The highest BCUT2D eigenvalue weighted by molar-refractivity contribution is 7.92. The fourth-order valence-electron chi connectivity index (χ4n) is 4.17. The summed E-state index contributed by atoms with van der Waals surface area (Å²) >= 11 is 6.19. The zero-order valence-corrected chi connectivity index (χ0v) is 25.2. The molecule has 9 nitrogen and oxygen atoms in total. The summed E-state index contributed by atoms with van der Waals surface area (Å²) in [5.74, 6) is -0.162. The van der Waals surface area contributed by atoms with Crippen molar-refractivity contribution >= 4 is 39.1 Å². The molecule has 1 N–H and O–H groups in total. The lowest BCUT2D eigenvalue weighted by Gasteiger charge is -2.32. The molecule has 0 spiro atoms. The third kappa shape index (κ3) is 8.14. The van der Waals surface area contributed by atoms with Crippen LogP contribution in [0.4, 0.5) is 5.69 Å².